The second-order valence-electron chi connectivity index (χ2n) is 6.96. The number of phenols is 1. The van der Waals surface area contributed by atoms with Crippen LogP contribution in [0.15, 0.2) is 48.7 Å². The molecule has 1 heterocycles. The molecule has 7 heteroatoms. The largest absolute Gasteiger partial charge is 0.508 e. The lowest BCUT2D eigenvalue weighted by Gasteiger charge is -2.28. The summed E-state index contributed by atoms with van der Waals surface area (Å²) in [5.74, 6) is 0.165. The Bertz CT molecular complexity index is 1040. The van der Waals surface area contributed by atoms with Gasteiger partial charge in [-0.2, -0.15) is 0 Å². The highest BCUT2D eigenvalue weighted by Gasteiger charge is 2.19. The van der Waals surface area contributed by atoms with Gasteiger partial charge in [-0.15, -0.1) is 0 Å². The average molecular weight is 427 g/mol. The molecule has 0 aliphatic heterocycles. The third kappa shape index (κ3) is 4.76. The molecule has 0 bridgehead atoms. The Morgan fingerprint density at radius 3 is 2.47 bits per heavy atom. The van der Waals surface area contributed by atoms with Gasteiger partial charge in [0, 0.05) is 53.2 Å². The summed E-state index contributed by atoms with van der Waals surface area (Å²) in [5, 5.41) is 15.4. The van der Waals surface area contributed by atoms with Gasteiger partial charge in [0.2, 0.25) is 0 Å². The number of benzene rings is 2. The maximum atomic E-state index is 12.7. The maximum Gasteiger partial charge on any atom is 0.320 e. The molecule has 0 saturated carbocycles. The highest BCUT2D eigenvalue weighted by atomic mass is 35.5. The van der Waals surface area contributed by atoms with E-state index in [1.807, 2.05) is 57.2 Å². The topological polar surface area (TPSA) is 68.7 Å². The molecule has 2 amide bonds. The van der Waals surface area contributed by atoms with E-state index in [2.05, 4.69) is 10.3 Å². The van der Waals surface area contributed by atoms with Crippen molar-refractivity contribution in [3.63, 3.8) is 0 Å². The normalized spacial score (nSPS) is 10.8. The number of hydrogen-bond donors (Lipinski definition) is 2. The molecule has 158 valence electrons. The first-order valence-corrected chi connectivity index (χ1v) is 10.5. The molecule has 0 atom stereocenters. The van der Waals surface area contributed by atoms with Crippen molar-refractivity contribution in [1.82, 2.24) is 14.8 Å². The monoisotopic (exact) mass is 426 g/mol. The van der Waals surface area contributed by atoms with E-state index < -0.39 is 0 Å². The minimum Gasteiger partial charge on any atom is -0.508 e. The zero-order valence-electron chi connectivity index (χ0n) is 17.5. The summed E-state index contributed by atoms with van der Waals surface area (Å²) in [6.07, 6.45) is 1.73. The van der Waals surface area contributed by atoms with E-state index in [0.29, 0.717) is 36.8 Å². The van der Waals surface area contributed by atoms with Crippen LogP contribution in [0.4, 0.5) is 16.2 Å². The number of rotatable bonds is 7. The number of halogens is 1. The standard InChI is InChI=1S/C23H27ClN4O2/c1-4-27(5-2)23(30)28(6-3)15-16-13-18(8-10-22(16)29)26-20-11-12-25-21-14-17(24)7-9-19(20)21/h7-14,29H,4-6,15H2,1-3H3,(H,25,26). The van der Waals surface area contributed by atoms with E-state index in [1.54, 1.807) is 22.1 Å². The van der Waals surface area contributed by atoms with Crippen molar-refractivity contribution < 1.29 is 9.90 Å². The second-order valence-corrected chi connectivity index (χ2v) is 7.39. The van der Waals surface area contributed by atoms with Gasteiger partial charge in [0.25, 0.3) is 0 Å². The predicted octanol–water partition coefficient (Wildman–Crippen LogP) is 5.62. The highest BCUT2D eigenvalue weighted by molar-refractivity contribution is 6.31. The lowest BCUT2D eigenvalue weighted by molar-refractivity contribution is 0.157. The van der Waals surface area contributed by atoms with Crippen molar-refractivity contribution in [3.8, 4) is 5.75 Å². The Labute approximate surface area is 182 Å². The van der Waals surface area contributed by atoms with Gasteiger partial charge in [-0.25, -0.2) is 4.79 Å². The molecular weight excluding hydrogens is 400 g/mol. The van der Waals surface area contributed by atoms with Crippen LogP contribution in [-0.4, -0.2) is 45.6 Å². The lowest BCUT2D eigenvalue weighted by Crippen LogP contribution is -2.42. The molecule has 0 unspecified atom stereocenters. The minimum absolute atomic E-state index is 0.0303. The zero-order chi connectivity index (χ0) is 21.7. The van der Waals surface area contributed by atoms with E-state index in [-0.39, 0.29) is 11.8 Å². The van der Waals surface area contributed by atoms with Crippen molar-refractivity contribution in [1.29, 1.82) is 0 Å². The fourth-order valence-corrected chi connectivity index (χ4v) is 3.56. The van der Waals surface area contributed by atoms with Crippen LogP contribution in [0.3, 0.4) is 0 Å². The fourth-order valence-electron chi connectivity index (χ4n) is 3.39. The van der Waals surface area contributed by atoms with Crippen LogP contribution in [0, 0.1) is 0 Å². The predicted molar refractivity (Wildman–Crippen MR) is 123 cm³/mol. The Balaban J connectivity index is 1.86. The third-order valence-corrected chi connectivity index (χ3v) is 5.35. The van der Waals surface area contributed by atoms with Crippen LogP contribution in [-0.2, 0) is 6.54 Å². The van der Waals surface area contributed by atoms with Gasteiger partial charge in [-0.1, -0.05) is 11.6 Å². The summed E-state index contributed by atoms with van der Waals surface area (Å²) < 4.78 is 0. The zero-order valence-corrected chi connectivity index (χ0v) is 18.3. The summed E-state index contributed by atoms with van der Waals surface area (Å²) in [4.78, 5) is 20.6. The number of nitrogens with one attached hydrogen (secondary N) is 1. The summed E-state index contributed by atoms with van der Waals surface area (Å²) in [5.41, 5.74) is 3.19. The highest BCUT2D eigenvalue weighted by Crippen LogP contribution is 2.29. The molecule has 0 aliphatic rings. The van der Waals surface area contributed by atoms with Crippen LogP contribution in [0.2, 0.25) is 5.02 Å². The quantitative estimate of drug-likeness (QED) is 0.481. The van der Waals surface area contributed by atoms with Crippen molar-refractivity contribution >= 4 is 39.9 Å². The number of aromatic hydroxyl groups is 1. The number of amides is 2. The number of pyridine rings is 1. The molecule has 6 nitrogen and oxygen atoms in total. The van der Waals surface area contributed by atoms with Crippen LogP contribution in [0.25, 0.3) is 10.9 Å². The Hall–Kier alpha value is -2.99. The number of fused-ring (bicyclic) bond motifs is 1. The Morgan fingerprint density at radius 2 is 1.77 bits per heavy atom. The minimum atomic E-state index is -0.0303. The molecule has 1 aromatic heterocycles. The van der Waals surface area contributed by atoms with Crippen molar-refractivity contribution in [2.45, 2.75) is 27.3 Å². The third-order valence-electron chi connectivity index (χ3n) is 5.11. The van der Waals surface area contributed by atoms with Crippen molar-refractivity contribution in [2.75, 3.05) is 25.0 Å². The number of phenolic OH excluding ortho intramolecular Hbond substituents is 1. The molecule has 0 saturated heterocycles. The van der Waals surface area contributed by atoms with E-state index in [4.69, 9.17) is 11.6 Å². The number of anilines is 2. The Kier molecular flexibility index (Phi) is 7.00. The first kappa shape index (κ1) is 21.7. The molecule has 2 N–H and O–H groups in total. The molecule has 30 heavy (non-hydrogen) atoms. The van der Waals surface area contributed by atoms with Crippen molar-refractivity contribution in [2.24, 2.45) is 0 Å². The number of aromatic nitrogens is 1. The maximum absolute atomic E-state index is 12.7. The second kappa shape index (κ2) is 9.67. The van der Waals surface area contributed by atoms with Gasteiger partial charge in [0.15, 0.2) is 0 Å². The molecule has 0 spiro atoms. The van der Waals surface area contributed by atoms with Gasteiger partial charge >= 0.3 is 6.03 Å². The number of nitrogens with zero attached hydrogens (tertiary/aromatic N) is 3. The van der Waals surface area contributed by atoms with Gasteiger partial charge in [-0.3, -0.25) is 4.98 Å². The van der Waals surface area contributed by atoms with E-state index in [1.165, 1.54) is 0 Å². The Morgan fingerprint density at radius 1 is 1.03 bits per heavy atom. The molecule has 2 aromatic carbocycles. The first-order chi connectivity index (χ1) is 14.5. The smallest absolute Gasteiger partial charge is 0.320 e. The van der Waals surface area contributed by atoms with Gasteiger partial charge < -0.3 is 20.2 Å². The lowest BCUT2D eigenvalue weighted by atomic mass is 10.1. The van der Waals surface area contributed by atoms with Crippen LogP contribution < -0.4 is 5.32 Å². The average Bonchev–Trinajstić information content (AvgIpc) is 2.74. The number of carbonyl (C=O) groups is 1. The number of carbonyl (C=O) groups excluding carboxylic acids is 1. The summed E-state index contributed by atoms with van der Waals surface area (Å²) >= 11 is 6.08. The first-order valence-electron chi connectivity index (χ1n) is 10.1. The van der Waals surface area contributed by atoms with Crippen LogP contribution in [0.1, 0.15) is 26.3 Å². The van der Waals surface area contributed by atoms with E-state index in [0.717, 1.165) is 22.3 Å². The molecule has 3 aromatic rings. The van der Waals surface area contributed by atoms with Gasteiger partial charge in [0.05, 0.1) is 12.1 Å². The molecule has 0 aliphatic carbocycles. The molecule has 0 radical (unpaired) electrons. The molecule has 0 fully saturated rings. The summed E-state index contributed by atoms with van der Waals surface area (Å²) in [6.45, 7) is 8.06. The fraction of sp³-hybridized carbons (Fsp3) is 0.304. The molecule has 3 rings (SSSR count). The SMILES string of the molecule is CCN(CC)C(=O)N(CC)Cc1cc(Nc2ccnc3cc(Cl)ccc23)ccc1O. The van der Waals surface area contributed by atoms with Crippen LogP contribution >= 0.6 is 11.6 Å². The summed E-state index contributed by atoms with van der Waals surface area (Å²) in [6, 6.07) is 12.8. The molecular formula is C23H27ClN4O2. The van der Waals surface area contributed by atoms with E-state index in [9.17, 15) is 9.90 Å². The van der Waals surface area contributed by atoms with Crippen molar-refractivity contribution in [3.05, 3.63) is 59.2 Å². The summed E-state index contributed by atoms with van der Waals surface area (Å²) in [7, 11) is 0. The number of urea groups is 1. The van der Waals surface area contributed by atoms with Gasteiger partial charge in [-0.05, 0) is 63.2 Å². The van der Waals surface area contributed by atoms with Crippen LogP contribution in [0.5, 0.6) is 5.75 Å². The van der Waals surface area contributed by atoms with Gasteiger partial charge in [0.1, 0.15) is 5.75 Å². The number of hydrogen-bond acceptors (Lipinski definition) is 4. The van der Waals surface area contributed by atoms with E-state index >= 15 is 0 Å².